The van der Waals surface area contributed by atoms with E-state index in [1.165, 1.54) is 16.7 Å². The first-order valence-electron chi connectivity index (χ1n) is 6.51. The summed E-state index contributed by atoms with van der Waals surface area (Å²) in [6.07, 6.45) is 0.937. The van der Waals surface area contributed by atoms with Crippen molar-refractivity contribution in [3.8, 4) is 0 Å². The Kier molecular flexibility index (Phi) is 7.33. The molecule has 19 heavy (non-hydrogen) atoms. The molecule has 0 aromatic heterocycles. The first-order valence-corrected chi connectivity index (χ1v) is 7.66. The van der Waals surface area contributed by atoms with Crippen LogP contribution in [-0.4, -0.2) is 8.96 Å². The molecule has 110 valence electrons. The first-order chi connectivity index (χ1) is 8.25. The van der Waals surface area contributed by atoms with Crippen molar-refractivity contribution in [1.29, 1.82) is 0 Å². The minimum absolute atomic E-state index is 0. The van der Waals surface area contributed by atoms with Crippen molar-refractivity contribution in [2.75, 3.05) is 0 Å². The fraction of sp³-hybridized carbons (Fsp3) is 0.600. The van der Waals surface area contributed by atoms with Crippen LogP contribution in [0.4, 0.5) is 0 Å². The minimum Gasteiger partial charge on any atom is -0.242 e. The van der Waals surface area contributed by atoms with Gasteiger partial charge in [-0.05, 0) is 52.2 Å². The van der Waals surface area contributed by atoms with Crippen molar-refractivity contribution in [3.05, 3.63) is 34.9 Å². The fourth-order valence-corrected chi connectivity index (χ4v) is 2.71. The van der Waals surface area contributed by atoms with Gasteiger partial charge in [0.1, 0.15) is 0 Å². The molecule has 2 nitrogen and oxygen atoms in total. The predicted octanol–water partition coefficient (Wildman–Crippen LogP) is 3.92. The quantitative estimate of drug-likeness (QED) is 0.897. The Hall–Kier alpha value is -0.320. The smallest absolute Gasteiger partial charge is 0.0975 e. The van der Waals surface area contributed by atoms with Crippen LogP contribution in [0.3, 0.4) is 0 Å². The highest BCUT2D eigenvalue weighted by molar-refractivity contribution is 7.84. The van der Waals surface area contributed by atoms with Gasteiger partial charge in [0, 0.05) is 6.04 Å². The summed E-state index contributed by atoms with van der Waals surface area (Å²) < 4.78 is 15.2. The van der Waals surface area contributed by atoms with E-state index in [9.17, 15) is 4.21 Å². The second kappa shape index (κ2) is 7.46. The monoisotopic (exact) mass is 301 g/mol. The van der Waals surface area contributed by atoms with Crippen molar-refractivity contribution < 1.29 is 4.21 Å². The van der Waals surface area contributed by atoms with Crippen molar-refractivity contribution in [2.24, 2.45) is 0 Å². The van der Waals surface area contributed by atoms with Crippen LogP contribution in [0.15, 0.2) is 18.2 Å². The summed E-state index contributed by atoms with van der Waals surface area (Å²) in [6.45, 7) is 12.3. The van der Waals surface area contributed by atoms with E-state index in [-0.39, 0.29) is 24.3 Å². The van der Waals surface area contributed by atoms with E-state index in [1.54, 1.807) is 0 Å². The van der Waals surface area contributed by atoms with Gasteiger partial charge in [0.2, 0.25) is 0 Å². The SMILES string of the molecule is CC[C@@H](NS(=O)C(C)(C)C)c1cc(C)ccc1C.S. The van der Waals surface area contributed by atoms with Gasteiger partial charge >= 0.3 is 0 Å². The summed E-state index contributed by atoms with van der Waals surface area (Å²) in [4.78, 5) is 0. The molecule has 0 aliphatic carbocycles. The van der Waals surface area contributed by atoms with E-state index in [1.807, 2.05) is 20.8 Å². The zero-order chi connectivity index (χ0) is 13.9. The maximum absolute atomic E-state index is 12.2. The Bertz CT molecular complexity index is 438. The van der Waals surface area contributed by atoms with E-state index in [4.69, 9.17) is 0 Å². The zero-order valence-electron chi connectivity index (χ0n) is 12.8. The summed E-state index contributed by atoms with van der Waals surface area (Å²) in [5.74, 6) is 0. The maximum Gasteiger partial charge on any atom is 0.0975 e. The number of aryl methyl sites for hydroxylation is 2. The highest BCUT2D eigenvalue weighted by Gasteiger charge is 2.23. The van der Waals surface area contributed by atoms with Crippen LogP contribution >= 0.6 is 13.5 Å². The van der Waals surface area contributed by atoms with Gasteiger partial charge in [-0.25, -0.2) is 8.93 Å². The largest absolute Gasteiger partial charge is 0.242 e. The highest BCUT2D eigenvalue weighted by Crippen LogP contribution is 2.24. The summed E-state index contributed by atoms with van der Waals surface area (Å²) in [5, 5.41) is 0. The first kappa shape index (κ1) is 18.7. The Morgan fingerprint density at radius 1 is 1.26 bits per heavy atom. The number of benzene rings is 1. The number of hydrogen-bond acceptors (Lipinski definition) is 1. The third kappa shape index (κ3) is 5.28. The van der Waals surface area contributed by atoms with Crippen LogP contribution in [0.5, 0.6) is 0 Å². The number of rotatable bonds is 4. The number of hydrogen-bond donors (Lipinski definition) is 1. The molecule has 1 N–H and O–H groups in total. The molecule has 1 rings (SSSR count). The van der Waals surface area contributed by atoms with E-state index >= 15 is 0 Å². The van der Waals surface area contributed by atoms with Crippen LogP contribution in [0.25, 0.3) is 0 Å². The topological polar surface area (TPSA) is 29.1 Å². The minimum atomic E-state index is -1.03. The van der Waals surface area contributed by atoms with Crippen LogP contribution in [-0.2, 0) is 11.0 Å². The van der Waals surface area contributed by atoms with E-state index in [0.717, 1.165) is 6.42 Å². The van der Waals surface area contributed by atoms with Crippen molar-refractivity contribution >= 4 is 24.5 Å². The molecule has 0 bridgehead atoms. The second-order valence-corrected chi connectivity index (χ2v) is 7.82. The van der Waals surface area contributed by atoms with Crippen LogP contribution in [0, 0.1) is 13.8 Å². The molecule has 0 amide bonds. The average molecular weight is 302 g/mol. The third-order valence-corrected chi connectivity index (χ3v) is 4.63. The van der Waals surface area contributed by atoms with Gasteiger partial charge in [-0.2, -0.15) is 13.5 Å². The summed E-state index contributed by atoms with van der Waals surface area (Å²) in [6, 6.07) is 6.60. The molecule has 2 atom stereocenters. The van der Waals surface area contributed by atoms with Crippen molar-refractivity contribution in [1.82, 2.24) is 4.72 Å². The zero-order valence-corrected chi connectivity index (χ0v) is 14.6. The van der Waals surface area contributed by atoms with E-state index < -0.39 is 11.0 Å². The maximum atomic E-state index is 12.2. The third-order valence-electron chi connectivity index (χ3n) is 3.02. The average Bonchev–Trinajstić information content (AvgIpc) is 2.28. The normalized spacial score (nSPS) is 14.6. The van der Waals surface area contributed by atoms with Crippen molar-refractivity contribution in [3.63, 3.8) is 0 Å². The molecule has 1 aromatic carbocycles. The van der Waals surface area contributed by atoms with Crippen molar-refractivity contribution in [2.45, 2.75) is 58.8 Å². The van der Waals surface area contributed by atoms with Gasteiger partial charge in [0.15, 0.2) is 0 Å². The summed E-state index contributed by atoms with van der Waals surface area (Å²) >= 11 is 0. The standard InChI is InChI=1S/C15H25NOS.H2S/c1-7-14(16-18(17)15(4,5)6)13-10-11(2)8-9-12(13)3;/h8-10,14,16H,7H2,1-6H3;1H2/t14-,18?;/m1./s1. The van der Waals surface area contributed by atoms with Gasteiger partial charge in [-0.15, -0.1) is 0 Å². The number of nitrogens with one attached hydrogen (secondary N) is 1. The van der Waals surface area contributed by atoms with Gasteiger partial charge in [-0.3, -0.25) is 0 Å². The Morgan fingerprint density at radius 3 is 2.32 bits per heavy atom. The Morgan fingerprint density at radius 2 is 1.84 bits per heavy atom. The molecule has 0 heterocycles. The van der Waals surface area contributed by atoms with Crippen LogP contribution < -0.4 is 4.72 Å². The highest BCUT2D eigenvalue weighted by atomic mass is 32.2. The molecule has 1 aromatic rings. The second-order valence-electron chi connectivity index (χ2n) is 5.82. The van der Waals surface area contributed by atoms with E-state index in [2.05, 4.69) is 43.7 Å². The molecule has 1 unspecified atom stereocenters. The molecule has 0 spiro atoms. The molecule has 0 aliphatic rings. The molecule has 0 aliphatic heterocycles. The lowest BCUT2D eigenvalue weighted by Gasteiger charge is -2.25. The lowest BCUT2D eigenvalue weighted by Crippen LogP contribution is -2.35. The van der Waals surface area contributed by atoms with Gasteiger partial charge < -0.3 is 0 Å². The Labute approximate surface area is 127 Å². The van der Waals surface area contributed by atoms with Crippen LogP contribution in [0.1, 0.15) is 56.8 Å². The molecule has 0 saturated heterocycles. The molecule has 4 heteroatoms. The lowest BCUT2D eigenvalue weighted by atomic mass is 9.98. The summed E-state index contributed by atoms with van der Waals surface area (Å²) in [5.41, 5.74) is 3.76. The lowest BCUT2D eigenvalue weighted by molar-refractivity contribution is 0.587. The Balaban J connectivity index is 0.00000324. The molecule has 0 fully saturated rings. The summed E-state index contributed by atoms with van der Waals surface area (Å²) in [7, 11) is -1.03. The van der Waals surface area contributed by atoms with Gasteiger partial charge in [0.05, 0.1) is 15.7 Å². The van der Waals surface area contributed by atoms with Gasteiger partial charge in [0.25, 0.3) is 0 Å². The molecular weight excluding hydrogens is 274 g/mol. The van der Waals surface area contributed by atoms with Crippen LogP contribution in [0.2, 0.25) is 0 Å². The molecule has 0 radical (unpaired) electrons. The molecule has 0 saturated carbocycles. The van der Waals surface area contributed by atoms with E-state index in [0.29, 0.717) is 0 Å². The fourth-order valence-electron chi connectivity index (χ4n) is 1.81. The van der Waals surface area contributed by atoms with Gasteiger partial charge in [-0.1, -0.05) is 30.7 Å². The molecular formula is C15H27NOS2. The predicted molar refractivity (Wildman–Crippen MR) is 90.4 cm³/mol.